The van der Waals surface area contributed by atoms with E-state index < -0.39 is 0 Å². The Labute approximate surface area is 183 Å². The van der Waals surface area contributed by atoms with Gasteiger partial charge in [-0.2, -0.15) is 0 Å². The normalized spacial score (nSPS) is 10.9. The molecule has 9 heteroatoms. The van der Waals surface area contributed by atoms with E-state index in [9.17, 15) is 4.79 Å². The van der Waals surface area contributed by atoms with Crippen molar-refractivity contribution in [2.24, 2.45) is 0 Å². The Morgan fingerprint density at radius 1 is 1.04 bits per heavy atom. The summed E-state index contributed by atoms with van der Waals surface area (Å²) in [6.45, 7) is 1.16. The number of nitrogens with zero attached hydrogens (tertiary/aromatic N) is 3. The smallest absolute Gasteiger partial charge is 0.261 e. The van der Waals surface area contributed by atoms with E-state index in [0.717, 1.165) is 10.2 Å². The maximum atomic E-state index is 13.2. The van der Waals surface area contributed by atoms with Crippen molar-refractivity contribution in [3.63, 3.8) is 0 Å². The first kappa shape index (κ1) is 22.2. The highest BCUT2D eigenvalue weighted by atomic mass is 35.5. The number of carbonyl (C=O) groups excluding carboxylic acids is 1. The van der Waals surface area contributed by atoms with Crippen molar-refractivity contribution in [2.45, 2.75) is 0 Å². The molecule has 0 aliphatic heterocycles. The predicted octanol–water partition coefficient (Wildman–Crippen LogP) is 5.89. The summed E-state index contributed by atoms with van der Waals surface area (Å²) in [7, 11) is 3.90. The topological polar surface area (TPSA) is 36.4 Å². The summed E-state index contributed by atoms with van der Waals surface area (Å²) in [4.78, 5) is 21.4. The van der Waals surface area contributed by atoms with Crippen LogP contribution < -0.4 is 4.90 Å². The second-order valence-corrected chi connectivity index (χ2v) is 8.28. The van der Waals surface area contributed by atoms with Crippen LogP contribution in [-0.4, -0.2) is 43.0 Å². The minimum atomic E-state index is -0.232. The largest absolute Gasteiger partial charge is 0.308 e. The number of aromatic nitrogens is 1. The third kappa shape index (κ3) is 5.25. The lowest BCUT2D eigenvalue weighted by Gasteiger charge is -2.22. The maximum absolute atomic E-state index is 13.2. The van der Waals surface area contributed by atoms with Crippen LogP contribution in [0.5, 0.6) is 0 Å². The minimum Gasteiger partial charge on any atom is -0.308 e. The van der Waals surface area contributed by atoms with Crippen LogP contribution in [0.2, 0.25) is 15.1 Å². The van der Waals surface area contributed by atoms with Crippen molar-refractivity contribution in [2.75, 3.05) is 32.1 Å². The van der Waals surface area contributed by atoms with Crippen LogP contribution in [0.15, 0.2) is 36.4 Å². The fraction of sp³-hybridized carbons (Fsp3) is 0.222. The molecule has 3 aromatic rings. The average Bonchev–Trinajstić information content (AvgIpc) is 2.99. The predicted molar refractivity (Wildman–Crippen MR) is 119 cm³/mol. The number of thiazole rings is 1. The van der Waals surface area contributed by atoms with Gasteiger partial charge in [0, 0.05) is 23.1 Å². The van der Waals surface area contributed by atoms with Crippen LogP contribution in [0.4, 0.5) is 5.13 Å². The molecule has 0 aliphatic carbocycles. The summed E-state index contributed by atoms with van der Waals surface area (Å²) in [5.74, 6) is -0.232. The van der Waals surface area contributed by atoms with Gasteiger partial charge in [0.05, 0.1) is 20.8 Å². The molecule has 0 spiro atoms. The first-order valence-corrected chi connectivity index (χ1v) is 9.78. The van der Waals surface area contributed by atoms with Crippen molar-refractivity contribution >= 4 is 79.8 Å². The van der Waals surface area contributed by atoms with Crippen LogP contribution in [0, 0.1) is 0 Å². The molecule has 0 atom stereocenters. The third-order valence-electron chi connectivity index (χ3n) is 3.74. The fourth-order valence-electron chi connectivity index (χ4n) is 2.39. The number of carbonyl (C=O) groups is 1. The van der Waals surface area contributed by atoms with Crippen molar-refractivity contribution < 1.29 is 4.79 Å². The quantitative estimate of drug-likeness (QED) is 0.472. The number of hydrogen-bond acceptors (Lipinski definition) is 4. The van der Waals surface area contributed by atoms with Crippen LogP contribution in [0.25, 0.3) is 10.2 Å². The maximum Gasteiger partial charge on any atom is 0.261 e. The minimum absolute atomic E-state index is 0. The molecule has 3 rings (SSSR count). The van der Waals surface area contributed by atoms with Crippen molar-refractivity contribution in [3.8, 4) is 0 Å². The Bertz CT molecular complexity index is 961. The number of fused-ring (bicyclic) bond motifs is 1. The molecule has 1 amide bonds. The summed E-state index contributed by atoms with van der Waals surface area (Å²) >= 11 is 19.8. The molecule has 0 radical (unpaired) electrons. The van der Waals surface area contributed by atoms with E-state index in [1.54, 1.807) is 29.2 Å². The molecule has 2 aromatic carbocycles. The van der Waals surface area contributed by atoms with Gasteiger partial charge in [0.15, 0.2) is 5.13 Å². The fourth-order valence-corrected chi connectivity index (χ4v) is 4.03. The molecular weight excluding hydrogens is 448 g/mol. The highest BCUT2D eigenvalue weighted by molar-refractivity contribution is 7.22. The number of hydrogen-bond donors (Lipinski definition) is 0. The SMILES string of the molecule is CN(C)CCN(C(=O)c1cc(Cl)ccc1Cl)c1nc2ccc(Cl)cc2s1.Cl. The Morgan fingerprint density at radius 3 is 2.41 bits per heavy atom. The number of likely N-dealkylation sites (N-methyl/N-ethyl adjacent to an activating group) is 1. The standard InChI is InChI=1S/C18H16Cl3N3OS.ClH/c1-23(2)7-8-24(17(25)13-9-11(19)3-5-14(13)21)18-22-15-6-4-12(20)10-16(15)26-18;/h3-6,9-10H,7-8H2,1-2H3;1H. The molecule has 0 saturated carbocycles. The summed E-state index contributed by atoms with van der Waals surface area (Å²) < 4.78 is 0.923. The average molecular weight is 465 g/mol. The summed E-state index contributed by atoms with van der Waals surface area (Å²) in [5, 5.41) is 2.06. The Morgan fingerprint density at radius 2 is 1.70 bits per heavy atom. The van der Waals surface area contributed by atoms with E-state index in [2.05, 4.69) is 4.98 Å². The highest BCUT2D eigenvalue weighted by Crippen LogP contribution is 2.32. The van der Waals surface area contributed by atoms with E-state index in [0.29, 0.717) is 38.9 Å². The van der Waals surface area contributed by atoms with Crippen LogP contribution in [0.3, 0.4) is 0 Å². The highest BCUT2D eigenvalue weighted by Gasteiger charge is 2.23. The number of anilines is 1. The van der Waals surface area contributed by atoms with E-state index in [4.69, 9.17) is 34.8 Å². The summed E-state index contributed by atoms with van der Waals surface area (Å²) in [5.41, 5.74) is 1.16. The Kier molecular flexibility index (Phi) is 7.74. The molecule has 4 nitrogen and oxygen atoms in total. The first-order valence-electron chi connectivity index (χ1n) is 7.83. The summed E-state index contributed by atoms with van der Waals surface area (Å²) in [6, 6.07) is 10.3. The molecule has 0 unspecified atom stereocenters. The van der Waals surface area contributed by atoms with Gasteiger partial charge >= 0.3 is 0 Å². The van der Waals surface area contributed by atoms with E-state index in [1.165, 1.54) is 11.3 Å². The van der Waals surface area contributed by atoms with E-state index in [1.807, 2.05) is 31.1 Å². The zero-order valence-corrected chi connectivity index (χ0v) is 18.5. The van der Waals surface area contributed by atoms with Crippen LogP contribution >= 0.6 is 58.5 Å². The van der Waals surface area contributed by atoms with Gasteiger partial charge in [-0.1, -0.05) is 46.1 Å². The van der Waals surface area contributed by atoms with Crippen molar-refractivity contribution in [1.29, 1.82) is 0 Å². The molecular formula is C18H17Cl4N3OS. The lowest BCUT2D eigenvalue weighted by Crippen LogP contribution is -2.36. The van der Waals surface area contributed by atoms with Gasteiger partial charge in [0.25, 0.3) is 5.91 Å². The molecule has 0 fully saturated rings. The summed E-state index contributed by atoms with van der Waals surface area (Å²) in [6.07, 6.45) is 0. The van der Waals surface area contributed by atoms with Gasteiger partial charge in [-0.25, -0.2) is 4.98 Å². The zero-order valence-electron chi connectivity index (χ0n) is 14.6. The number of benzene rings is 2. The van der Waals surface area contributed by atoms with Crippen molar-refractivity contribution in [1.82, 2.24) is 9.88 Å². The second-order valence-electron chi connectivity index (χ2n) is 5.99. The number of halogens is 4. The third-order valence-corrected chi connectivity index (χ3v) is 5.59. The van der Waals surface area contributed by atoms with Crippen LogP contribution in [-0.2, 0) is 0 Å². The van der Waals surface area contributed by atoms with Gasteiger partial charge < -0.3 is 4.90 Å². The molecule has 1 heterocycles. The number of amides is 1. The zero-order chi connectivity index (χ0) is 18.8. The lowest BCUT2D eigenvalue weighted by molar-refractivity contribution is 0.0985. The molecule has 0 saturated heterocycles. The van der Waals surface area contributed by atoms with Gasteiger partial charge in [0.2, 0.25) is 0 Å². The Balaban J connectivity index is 0.00000261. The van der Waals surface area contributed by atoms with Gasteiger partial charge in [-0.15, -0.1) is 12.4 Å². The van der Waals surface area contributed by atoms with E-state index >= 15 is 0 Å². The lowest BCUT2D eigenvalue weighted by atomic mass is 10.2. The number of rotatable bonds is 5. The molecule has 0 aliphatic rings. The van der Waals surface area contributed by atoms with Crippen LogP contribution in [0.1, 0.15) is 10.4 Å². The van der Waals surface area contributed by atoms with Gasteiger partial charge in [-0.3, -0.25) is 9.69 Å². The van der Waals surface area contributed by atoms with Gasteiger partial charge in [-0.05, 0) is 50.5 Å². The molecule has 0 N–H and O–H groups in total. The molecule has 1 aromatic heterocycles. The van der Waals surface area contributed by atoms with E-state index in [-0.39, 0.29) is 18.3 Å². The Hall–Kier alpha value is -1.08. The first-order chi connectivity index (χ1) is 12.3. The molecule has 0 bridgehead atoms. The van der Waals surface area contributed by atoms with Gasteiger partial charge in [0.1, 0.15) is 0 Å². The molecule has 144 valence electrons. The monoisotopic (exact) mass is 463 g/mol. The second kappa shape index (κ2) is 9.41. The van der Waals surface area contributed by atoms with Crippen molar-refractivity contribution in [3.05, 3.63) is 57.0 Å². The molecule has 27 heavy (non-hydrogen) atoms.